The Hall–Kier alpha value is -3.16. The molecule has 7 nitrogen and oxygen atoms in total. The predicted octanol–water partition coefficient (Wildman–Crippen LogP) is 4.96. The SMILES string of the molecule is COCCN(CC(=O)Nc1nc(-c2ccc(Cl)cc2)cn1-c1ccc(C)cc1)C(=O)CC(C)C. The third-order valence-corrected chi connectivity index (χ3v) is 5.50. The zero-order valence-corrected chi connectivity index (χ0v) is 20.8. The van der Waals surface area contributed by atoms with Crippen LogP contribution < -0.4 is 5.32 Å². The first kappa shape index (κ1) is 25.5. The first-order chi connectivity index (χ1) is 16.3. The molecule has 0 aliphatic carbocycles. The standard InChI is InChI=1S/C26H31ClN4O3/c1-18(2)15-25(33)30(13-14-34-4)17-24(32)29-26-28-23(20-7-9-21(27)10-8-20)16-31(26)22-11-5-19(3)6-12-22/h5-12,16,18H,13-15,17H2,1-4H3,(H,28,29,32). The molecule has 0 spiro atoms. The molecule has 0 aliphatic rings. The molecular weight excluding hydrogens is 452 g/mol. The Balaban J connectivity index is 1.87. The van der Waals surface area contributed by atoms with Crippen LogP contribution in [0.3, 0.4) is 0 Å². The summed E-state index contributed by atoms with van der Waals surface area (Å²) in [6.45, 7) is 6.59. The first-order valence-corrected chi connectivity index (χ1v) is 11.6. The number of ether oxygens (including phenoxy) is 1. The maximum absolute atomic E-state index is 13.0. The van der Waals surface area contributed by atoms with E-state index in [2.05, 4.69) is 10.3 Å². The molecule has 0 bridgehead atoms. The molecule has 0 atom stereocenters. The minimum Gasteiger partial charge on any atom is -0.383 e. The number of methoxy groups -OCH3 is 1. The number of hydrogen-bond acceptors (Lipinski definition) is 4. The molecule has 8 heteroatoms. The molecule has 1 N–H and O–H groups in total. The number of aryl methyl sites for hydroxylation is 1. The van der Waals surface area contributed by atoms with Gasteiger partial charge in [0.2, 0.25) is 17.8 Å². The smallest absolute Gasteiger partial charge is 0.246 e. The Morgan fingerprint density at radius 3 is 2.41 bits per heavy atom. The van der Waals surface area contributed by atoms with E-state index in [9.17, 15) is 9.59 Å². The molecule has 0 radical (unpaired) electrons. The van der Waals surface area contributed by atoms with Gasteiger partial charge in [0.25, 0.3) is 0 Å². The Labute approximate surface area is 205 Å². The van der Waals surface area contributed by atoms with Crippen LogP contribution in [-0.4, -0.2) is 53.1 Å². The van der Waals surface area contributed by atoms with Gasteiger partial charge >= 0.3 is 0 Å². The summed E-state index contributed by atoms with van der Waals surface area (Å²) in [5.41, 5.74) is 3.56. The largest absolute Gasteiger partial charge is 0.383 e. The van der Waals surface area contributed by atoms with E-state index in [0.29, 0.717) is 36.2 Å². The number of rotatable bonds is 10. The maximum Gasteiger partial charge on any atom is 0.246 e. The number of halogens is 1. The fraction of sp³-hybridized carbons (Fsp3) is 0.346. The van der Waals surface area contributed by atoms with Crippen molar-refractivity contribution in [1.29, 1.82) is 0 Å². The first-order valence-electron chi connectivity index (χ1n) is 11.3. The quantitative estimate of drug-likeness (QED) is 0.443. The predicted molar refractivity (Wildman–Crippen MR) is 135 cm³/mol. The summed E-state index contributed by atoms with van der Waals surface area (Å²) >= 11 is 6.03. The van der Waals surface area contributed by atoms with Crippen molar-refractivity contribution in [1.82, 2.24) is 14.5 Å². The average molecular weight is 483 g/mol. The second kappa shape index (κ2) is 11.8. The molecule has 0 saturated heterocycles. The lowest BCUT2D eigenvalue weighted by atomic mass is 10.1. The summed E-state index contributed by atoms with van der Waals surface area (Å²) in [7, 11) is 1.57. The second-order valence-electron chi connectivity index (χ2n) is 8.62. The normalized spacial score (nSPS) is 11.0. The molecule has 1 heterocycles. The van der Waals surface area contributed by atoms with Crippen LogP contribution in [0.25, 0.3) is 16.9 Å². The van der Waals surface area contributed by atoms with Gasteiger partial charge in [0, 0.05) is 42.5 Å². The number of carbonyl (C=O) groups excluding carboxylic acids is 2. The Kier molecular flexibility index (Phi) is 8.85. The van der Waals surface area contributed by atoms with Gasteiger partial charge in [-0.25, -0.2) is 4.98 Å². The van der Waals surface area contributed by atoms with E-state index >= 15 is 0 Å². The monoisotopic (exact) mass is 482 g/mol. The van der Waals surface area contributed by atoms with E-state index < -0.39 is 0 Å². The average Bonchev–Trinajstić information content (AvgIpc) is 3.20. The van der Waals surface area contributed by atoms with E-state index in [1.54, 1.807) is 19.2 Å². The number of nitrogens with one attached hydrogen (secondary N) is 1. The molecule has 180 valence electrons. The number of anilines is 1. The Morgan fingerprint density at radius 2 is 1.79 bits per heavy atom. The number of imidazole rings is 1. The number of hydrogen-bond donors (Lipinski definition) is 1. The highest BCUT2D eigenvalue weighted by Crippen LogP contribution is 2.26. The summed E-state index contributed by atoms with van der Waals surface area (Å²) in [5.74, 6) is 0.172. The van der Waals surface area contributed by atoms with Gasteiger partial charge in [-0.3, -0.25) is 19.5 Å². The van der Waals surface area contributed by atoms with Crippen molar-refractivity contribution < 1.29 is 14.3 Å². The number of amides is 2. The van der Waals surface area contributed by atoms with Crippen molar-refractivity contribution in [3.8, 4) is 16.9 Å². The second-order valence-corrected chi connectivity index (χ2v) is 9.05. The fourth-order valence-electron chi connectivity index (χ4n) is 3.44. The van der Waals surface area contributed by atoms with Crippen LogP contribution >= 0.6 is 11.6 Å². The molecule has 0 fully saturated rings. The minimum atomic E-state index is -0.324. The molecule has 0 saturated carbocycles. The van der Waals surface area contributed by atoms with E-state index in [0.717, 1.165) is 16.8 Å². The minimum absolute atomic E-state index is 0.0774. The van der Waals surface area contributed by atoms with Gasteiger partial charge < -0.3 is 9.64 Å². The fourth-order valence-corrected chi connectivity index (χ4v) is 3.57. The summed E-state index contributed by atoms with van der Waals surface area (Å²) in [6, 6.07) is 15.3. The molecule has 0 unspecified atom stereocenters. The topological polar surface area (TPSA) is 76.5 Å². The van der Waals surface area contributed by atoms with Gasteiger partial charge in [0.15, 0.2) is 0 Å². The van der Waals surface area contributed by atoms with Crippen molar-refractivity contribution in [2.75, 3.05) is 32.1 Å². The molecular formula is C26H31ClN4O3. The third-order valence-electron chi connectivity index (χ3n) is 5.24. The zero-order chi connectivity index (χ0) is 24.7. The third kappa shape index (κ3) is 6.92. The highest BCUT2D eigenvalue weighted by atomic mass is 35.5. The molecule has 1 aromatic heterocycles. The van der Waals surface area contributed by atoms with Crippen molar-refractivity contribution in [3.05, 3.63) is 65.3 Å². The summed E-state index contributed by atoms with van der Waals surface area (Å²) < 4.78 is 6.95. The van der Waals surface area contributed by atoms with Gasteiger partial charge in [0.05, 0.1) is 12.3 Å². The van der Waals surface area contributed by atoms with Crippen LogP contribution in [0.5, 0.6) is 0 Å². The van der Waals surface area contributed by atoms with Crippen molar-refractivity contribution in [2.45, 2.75) is 27.2 Å². The van der Waals surface area contributed by atoms with Crippen LogP contribution in [0.1, 0.15) is 25.8 Å². The van der Waals surface area contributed by atoms with Gasteiger partial charge in [-0.1, -0.05) is 55.3 Å². The molecule has 3 rings (SSSR count). The van der Waals surface area contributed by atoms with E-state index in [4.69, 9.17) is 16.3 Å². The summed E-state index contributed by atoms with van der Waals surface area (Å²) in [6.07, 6.45) is 2.24. The van der Waals surface area contributed by atoms with Crippen molar-refractivity contribution >= 4 is 29.4 Å². The molecule has 2 aromatic carbocycles. The van der Waals surface area contributed by atoms with Gasteiger partial charge in [-0.15, -0.1) is 0 Å². The van der Waals surface area contributed by atoms with Gasteiger partial charge in [-0.2, -0.15) is 0 Å². The van der Waals surface area contributed by atoms with Crippen LogP contribution in [0, 0.1) is 12.8 Å². The number of carbonyl (C=O) groups is 2. The zero-order valence-electron chi connectivity index (χ0n) is 20.0. The Bertz CT molecular complexity index is 1110. The molecule has 34 heavy (non-hydrogen) atoms. The molecule has 2 amide bonds. The Morgan fingerprint density at radius 1 is 1.12 bits per heavy atom. The number of benzene rings is 2. The number of nitrogens with zero attached hydrogens (tertiary/aromatic N) is 3. The van der Waals surface area contributed by atoms with Crippen molar-refractivity contribution in [3.63, 3.8) is 0 Å². The van der Waals surface area contributed by atoms with Crippen LogP contribution in [-0.2, 0) is 14.3 Å². The summed E-state index contributed by atoms with van der Waals surface area (Å²) in [4.78, 5) is 31.8. The highest BCUT2D eigenvalue weighted by Gasteiger charge is 2.20. The number of aromatic nitrogens is 2. The molecule has 0 aliphatic heterocycles. The summed E-state index contributed by atoms with van der Waals surface area (Å²) in [5, 5.41) is 3.53. The maximum atomic E-state index is 13.0. The lowest BCUT2D eigenvalue weighted by Crippen LogP contribution is -2.40. The lowest BCUT2D eigenvalue weighted by Gasteiger charge is -2.22. The molecule has 3 aromatic rings. The highest BCUT2D eigenvalue weighted by molar-refractivity contribution is 6.30. The van der Waals surface area contributed by atoms with E-state index in [1.165, 1.54) is 4.90 Å². The lowest BCUT2D eigenvalue weighted by molar-refractivity contribution is -0.136. The van der Waals surface area contributed by atoms with Gasteiger partial charge in [-0.05, 0) is 37.1 Å². The van der Waals surface area contributed by atoms with Crippen LogP contribution in [0.15, 0.2) is 54.7 Å². The van der Waals surface area contributed by atoms with Gasteiger partial charge in [0.1, 0.15) is 6.54 Å². The van der Waals surface area contributed by atoms with Crippen LogP contribution in [0.4, 0.5) is 5.95 Å². The van der Waals surface area contributed by atoms with E-state index in [1.807, 2.05) is 67.9 Å². The van der Waals surface area contributed by atoms with Crippen LogP contribution in [0.2, 0.25) is 5.02 Å². The van der Waals surface area contributed by atoms with Crippen molar-refractivity contribution in [2.24, 2.45) is 5.92 Å². The van der Waals surface area contributed by atoms with E-state index in [-0.39, 0.29) is 24.3 Å².